The number of hydrogen-bond acceptors (Lipinski definition) is 3. The maximum atomic E-state index is 5.66. The normalized spacial score (nSPS) is 25.2. The molecule has 0 spiro atoms. The average molecular weight is 286 g/mol. The zero-order chi connectivity index (χ0) is 11.0. The first kappa shape index (κ1) is 10.7. The molecule has 1 aromatic heterocycles. The quantitative estimate of drug-likeness (QED) is 0.797. The van der Waals surface area contributed by atoms with E-state index in [-0.39, 0.29) is 0 Å². The standard InChI is InChI=1S/C11H16BrN3O/c12-7-11-14-13-10(15(11)8-3-4-8)6-9-2-1-5-16-9/h8-9H,1-7H2. The Balaban J connectivity index is 1.79. The summed E-state index contributed by atoms with van der Waals surface area (Å²) in [6.07, 6.45) is 6.20. The van der Waals surface area contributed by atoms with Crippen molar-refractivity contribution < 1.29 is 4.74 Å². The second kappa shape index (κ2) is 4.45. The maximum absolute atomic E-state index is 5.66. The summed E-state index contributed by atoms with van der Waals surface area (Å²) >= 11 is 3.48. The van der Waals surface area contributed by atoms with Crippen molar-refractivity contribution in [3.63, 3.8) is 0 Å². The number of halogens is 1. The fraction of sp³-hybridized carbons (Fsp3) is 0.818. The van der Waals surface area contributed by atoms with Gasteiger partial charge < -0.3 is 9.30 Å². The van der Waals surface area contributed by atoms with Gasteiger partial charge >= 0.3 is 0 Å². The highest BCUT2D eigenvalue weighted by atomic mass is 79.9. The molecule has 1 unspecified atom stereocenters. The van der Waals surface area contributed by atoms with E-state index in [4.69, 9.17) is 4.74 Å². The molecule has 3 rings (SSSR count). The molecule has 16 heavy (non-hydrogen) atoms. The molecule has 1 atom stereocenters. The van der Waals surface area contributed by atoms with Crippen LogP contribution >= 0.6 is 15.9 Å². The van der Waals surface area contributed by atoms with Crippen LogP contribution < -0.4 is 0 Å². The summed E-state index contributed by atoms with van der Waals surface area (Å²) in [6.45, 7) is 0.910. The minimum Gasteiger partial charge on any atom is -0.378 e. The van der Waals surface area contributed by atoms with Crippen LogP contribution in [0.2, 0.25) is 0 Å². The van der Waals surface area contributed by atoms with Crippen molar-refractivity contribution in [2.45, 2.75) is 49.6 Å². The van der Waals surface area contributed by atoms with Crippen molar-refractivity contribution in [3.8, 4) is 0 Å². The molecule has 1 saturated heterocycles. The molecule has 1 aliphatic carbocycles. The van der Waals surface area contributed by atoms with Crippen LogP contribution in [0.25, 0.3) is 0 Å². The third-order valence-corrected chi connectivity index (χ3v) is 3.80. The molecular weight excluding hydrogens is 270 g/mol. The monoisotopic (exact) mass is 285 g/mol. The first-order valence-electron chi connectivity index (χ1n) is 5.98. The van der Waals surface area contributed by atoms with Crippen molar-refractivity contribution in [1.82, 2.24) is 14.8 Å². The predicted molar refractivity (Wildman–Crippen MR) is 63.6 cm³/mol. The van der Waals surface area contributed by atoms with Crippen molar-refractivity contribution in [1.29, 1.82) is 0 Å². The van der Waals surface area contributed by atoms with E-state index in [9.17, 15) is 0 Å². The topological polar surface area (TPSA) is 39.9 Å². The van der Waals surface area contributed by atoms with E-state index in [1.54, 1.807) is 0 Å². The van der Waals surface area contributed by atoms with Crippen LogP contribution in [0, 0.1) is 0 Å². The lowest BCUT2D eigenvalue weighted by Gasteiger charge is -2.11. The first-order valence-corrected chi connectivity index (χ1v) is 7.11. The molecular formula is C11H16BrN3O. The van der Waals surface area contributed by atoms with Gasteiger partial charge in [-0.1, -0.05) is 15.9 Å². The van der Waals surface area contributed by atoms with Crippen LogP contribution in [0.15, 0.2) is 0 Å². The Bertz CT molecular complexity index is 369. The van der Waals surface area contributed by atoms with Gasteiger partial charge in [0.1, 0.15) is 11.6 Å². The molecule has 4 nitrogen and oxygen atoms in total. The highest BCUT2D eigenvalue weighted by Crippen LogP contribution is 2.37. The summed E-state index contributed by atoms with van der Waals surface area (Å²) in [6, 6.07) is 0.652. The number of alkyl halides is 1. The van der Waals surface area contributed by atoms with E-state index < -0.39 is 0 Å². The summed E-state index contributed by atoms with van der Waals surface area (Å²) in [5.41, 5.74) is 0. The number of hydrogen-bond donors (Lipinski definition) is 0. The SMILES string of the molecule is BrCc1nnc(CC2CCCO2)n1C1CC1. The average Bonchev–Trinajstić information content (AvgIpc) is 2.86. The van der Waals surface area contributed by atoms with Gasteiger partial charge in [-0.2, -0.15) is 0 Å². The Morgan fingerprint density at radius 2 is 2.06 bits per heavy atom. The van der Waals surface area contributed by atoms with E-state index in [0.29, 0.717) is 12.1 Å². The lowest BCUT2D eigenvalue weighted by Crippen LogP contribution is -2.14. The molecule has 0 aromatic carbocycles. The smallest absolute Gasteiger partial charge is 0.143 e. The van der Waals surface area contributed by atoms with E-state index in [2.05, 4.69) is 30.7 Å². The van der Waals surface area contributed by atoms with Gasteiger partial charge in [-0.05, 0) is 25.7 Å². The molecule has 2 fully saturated rings. The Morgan fingerprint density at radius 1 is 1.25 bits per heavy atom. The molecule has 0 amide bonds. The second-order valence-corrected chi connectivity index (χ2v) is 5.17. The van der Waals surface area contributed by atoms with Gasteiger partial charge in [-0.25, -0.2) is 0 Å². The van der Waals surface area contributed by atoms with Crippen LogP contribution in [0.3, 0.4) is 0 Å². The zero-order valence-electron chi connectivity index (χ0n) is 9.23. The molecule has 1 saturated carbocycles. The van der Waals surface area contributed by atoms with Crippen LogP contribution in [0.4, 0.5) is 0 Å². The molecule has 1 aromatic rings. The minimum atomic E-state index is 0.366. The van der Waals surface area contributed by atoms with Gasteiger partial charge in [0.2, 0.25) is 0 Å². The van der Waals surface area contributed by atoms with Gasteiger partial charge in [-0.3, -0.25) is 0 Å². The van der Waals surface area contributed by atoms with Crippen LogP contribution in [0.5, 0.6) is 0 Å². The highest BCUT2D eigenvalue weighted by molar-refractivity contribution is 9.08. The Morgan fingerprint density at radius 3 is 2.69 bits per heavy atom. The molecule has 0 radical (unpaired) electrons. The Hall–Kier alpha value is -0.420. The summed E-state index contributed by atoms with van der Waals surface area (Å²) in [4.78, 5) is 0. The summed E-state index contributed by atoms with van der Waals surface area (Å²) in [5.74, 6) is 2.18. The van der Waals surface area contributed by atoms with E-state index >= 15 is 0 Å². The van der Waals surface area contributed by atoms with Gasteiger partial charge in [-0.15, -0.1) is 10.2 Å². The van der Waals surface area contributed by atoms with Gasteiger partial charge in [0.05, 0.1) is 11.4 Å². The van der Waals surface area contributed by atoms with Crippen LogP contribution in [-0.2, 0) is 16.5 Å². The third-order valence-electron chi connectivity index (χ3n) is 3.30. The molecule has 0 N–H and O–H groups in total. The molecule has 0 bridgehead atoms. The van der Waals surface area contributed by atoms with Gasteiger partial charge in [0.15, 0.2) is 0 Å². The summed E-state index contributed by atoms with van der Waals surface area (Å²) < 4.78 is 7.98. The number of rotatable bonds is 4. The van der Waals surface area contributed by atoms with Crippen molar-refractivity contribution in [2.75, 3.05) is 6.61 Å². The molecule has 2 aliphatic rings. The number of aromatic nitrogens is 3. The van der Waals surface area contributed by atoms with E-state index in [0.717, 1.165) is 30.0 Å². The first-order chi connectivity index (χ1) is 7.88. The van der Waals surface area contributed by atoms with Crippen LogP contribution in [-0.4, -0.2) is 27.5 Å². The molecule has 2 heterocycles. The predicted octanol–water partition coefficient (Wildman–Crippen LogP) is 2.23. The maximum Gasteiger partial charge on any atom is 0.143 e. The summed E-state index contributed by atoms with van der Waals surface area (Å²) in [7, 11) is 0. The number of nitrogens with zero attached hydrogens (tertiary/aromatic N) is 3. The Kier molecular flexibility index (Phi) is 2.98. The van der Waals surface area contributed by atoms with E-state index in [1.807, 2.05) is 0 Å². The third kappa shape index (κ3) is 2.02. The molecule has 1 aliphatic heterocycles. The lowest BCUT2D eigenvalue weighted by molar-refractivity contribution is 0.109. The molecule has 88 valence electrons. The van der Waals surface area contributed by atoms with Crippen LogP contribution in [0.1, 0.15) is 43.4 Å². The highest BCUT2D eigenvalue weighted by Gasteiger charge is 2.30. The largest absolute Gasteiger partial charge is 0.378 e. The van der Waals surface area contributed by atoms with Crippen molar-refractivity contribution >= 4 is 15.9 Å². The van der Waals surface area contributed by atoms with Gasteiger partial charge in [0.25, 0.3) is 0 Å². The molecule has 5 heteroatoms. The van der Waals surface area contributed by atoms with Gasteiger partial charge in [0, 0.05) is 19.1 Å². The van der Waals surface area contributed by atoms with Crippen molar-refractivity contribution in [2.24, 2.45) is 0 Å². The van der Waals surface area contributed by atoms with E-state index in [1.165, 1.54) is 25.7 Å². The zero-order valence-corrected chi connectivity index (χ0v) is 10.8. The minimum absolute atomic E-state index is 0.366. The lowest BCUT2D eigenvalue weighted by atomic mass is 10.2. The Labute approximate surface area is 104 Å². The summed E-state index contributed by atoms with van der Waals surface area (Å²) in [5, 5.41) is 9.36. The number of ether oxygens (including phenoxy) is 1. The fourth-order valence-electron chi connectivity index (χ4n) is 2.35. The second-order valence-electron chi connectivity index (χ2n) is 4.61. The van der Waals surface area contributed by atoms with Crippen molar-refractivity contribution in [3.05, 3.63) is 11.6 Å². The fourth-order valence-corrected chi connectivity index (χ4v) is 2.74.